The van der Waals surface area contributed by atoms with Crippen LogP contribution in [-0.2, 0) is 34.5 Å². The Morgan fingerprint density at radius 3 is 1.57 bits per heavy atom. The maximum absolute atomic E-state index is 9.72. The van der Waals surface area contributed by atoms with Crippen LogP contribution in [0.4, 0.5) is 0 Å². The summed E-state index contributed by atoms with van der Waals surface area (Å²) < 4.78 is 6.20. The Hall–Kier alpha value is -3.07. The summed E-state index contributed by atoms with van der Waals surface area (Å²) in [7, 11) is 0. The molecule has 3 heteroatoms. The first-order chi connectivity index (χ1) is 18.2. The molecule has 4 aromatic rings. The molecule has 0 bridgehead atoms. The summed E-state index contributed by atoms with van der Waals surface area (Å²) >= 11 is 0. The molecule has 40 heavy (non-hydrogen) atoms. The quantitative estimate of drug-likeness (QED) is 0.281. The topological polar surface area (TPSA) is 46.3 Å². The van der Waals surface area contributed by atoms with Gasteiger partial charge in [-0.2, -0.15) is 0 Å². The molecule has 0 aliphatic carbocycles. The Morgan fingerprint density at radius 2 is 1.10 bits per heavy atom. The van der Waals surface area contributed by atoms with Crippen molar-refractivity contribution >= 4 is 11.1 Å². The van der Waals surface area contributed by atoms with E-state index in [1.54, 1.807) is 0 Å². The van der Waals surface area contributed by atoms with Gasteiger partial charge in [-0.3, -0.25) is 0 Å². The molecule has 0 radical (unpaired) electrons. The molecule has 0 aliphatic heterocycles. The van der Waals surface area contributed by atoms with E-state index in [2.05, 4.69) is 126 Å². The Labute approximate surface area is 243 Å². The molecular formula is C37H51NO2. The van der Waals surface area contributed by atoms with Gasteiger partial charge < -0.3 is 9.52 Å². The number of aromatic hydroxyl groups is 1. The smallest absolute Gasteiger partial charge is 0.195 e. The second kappa shape index (κ2) is 11.4. The summed E-state index contributed by atoms with van der Waals surface area (Å²) in [5, 5.41) is 9.72. The van der Waals surface area contributed by atoms with Crippen LogP contribution >= 0.6 is 0 Å². The lowest BCUT2D eigenvalue weighted by atomic mass is 9.80. The molecule has 4 rings (SSSR count). The lowest BCUT2D eigenvalue weighted by Gasteiger charge is -2.25. The van der Waals surface area contributed by atoms with Gasteiger partial charge in [0.15, 0.2) is 11.5 Å². The van der Waals surface area contributed by atoms with Gasteiger partial charge in [-0.25, -0.2) is 4.98 Å². The Bertz CT molecular complexity index is 1380. The average molecular weight is 542 g/mol. The van der Waals surface area contributed by atoms with Crippen molar-refractivity contribution in [1.82, 2.24) is 4.98 Å². The van der Waals surface area contributed by atoms with Crippen LogP contribution in [0.15, 0.2) is 65.1 Å². The van der Waals surface area contributed by atoms with Crippen molar-refractivity contribution in [2.45, 2.75) is 118 Å². The number of hydrogen-bond acceptors (Lipinski definition) is 3. The zero-order valence-corrected chi connectivity index (χ0v) is 27.0. The third-order valence-corrected chi connectivity index (χ3v) is 7.33. The van der Waals surface area contributed by atoms with Crippen molar-refractivity contribution in [2.75, 3.05) is 0 Å². The largest absolute Gasteiger partial charge is 0.508 e. The van der Waals surface area contributed by atoms with Gasteiger partial charge in [0, 0.05) is 12.0 Å². The molecule has 1 N–H and O–H groups in total. The molecule has 0 spiro atoms. The Kier molecular flexibility index (Phi) is 8.99. The van der Waals surface area contributed by atoms with Crippen molar-refractivity contribution in [3.05, 3.63) is 94.4 Å². The first-order valence-electron chi connectivity index (χ1n) is 14.6. The van der Waals surface area contributed by atoms with Gasteiger partial charge in [0.05, 0.1) is 0 Å². The summed E-state index contributed by atoms with van der Waals surface area (Å²) in [6, 6.07) is 20.9. The molecule has 1 aromatic heterocycles. The highest BCUT2D eigenvalue weighted by Crippen LogP contribution is 2.36. The van der Waals surface area contributed by atoms with Gasteiger partial charge in [0.2, 0.25) is 0 Å². The van der Waals surface area contributed by atoms with Gasteiger partial charge in [0.25, 0.3) is 0 Å². The summed E-state index contributed by atoms with van der Waals surface area (Å²) in [6.45, 7) is 26.4. The number of aryl methyl sites for hydroxylation is 2. The number of phenolic OH excluding ortho intramolecular Hbond substituents is 1. The number of nitrogens with zero attached hydrogens (tertiary/aromatic N) is 1. The van der Waals surface area contributed by atoms with E-state index < -0.39 is 0 Å². The number of phenols is 1. The minimum Gasteiger partial charge on any atom is -0.508 e. The van der Waals surface area contributed by atoms with Crippen LogP contribution in [0, 0.1) is 0 Å². The molecule has 1 heterocycles. The van der Waals surface area contributed by atoms with E-state index in [0.717, 1.165) is 29.8 Å². The average Bonchev–Trinajstić information content (AvgIpc) is 3.23. The van der Waals surface area contributed by atoms with Crippen molar-refractivity contribution in [3.63, 3.8) is 0 Å². The SMILES string of the molecule is CC(C)(C)c1cc(C(C)(C)C)c2oc(CCc3ccccc3)nc2c1.CC(C)(C)c1cc(O)cc(C(C)(C)C)c1. The lowest BCUT2D eigenvalue weighted by molar-refractivity contribution is 0.466. The van der Waals surface area contributed by atoms with E-state index in [1.165, 1.54) is 27.8 Å². The number of aromatic nitrogens is 1. The van der Waals surface area contributed by atoms with Crippen LogP contribution in [0.3, 0.4) is 0 Å². The Morgan fingerprint density at radius 1 is 0.600 bits per heavy atom. The van der Waals surface area contributed by atoms with E-state index in [4.69, 9.17) is 9.40 Å². The van der Waals surface area contributed by atoms with Gasteiger partial charge in [-0.1, -0.05) is 126 Å². The summed E-state index contributed by atoms with van der Waals surface area (Å²) in [6.07, 6.45) is 1.78. The zero-order valence-electron chi connectivity index (χ0n) is 27.0. The molecule has 0 fully saturated rings. The number of rotatable bonds is 3. The third kappa shape index (κ3) is 8.22. The minimum absolute atomic E-state index is 0.0236. The van der Waals surface area contributed by atoms with Crippen LogP contribution in [0.5, 0.6) is 5.75 Å². The number of benzene rings is 3. The maximum atomic E-state index is 9.72. The molecule has 0 atom stereocenters. The van der Waals surface area contributed by atoms with Gasteiger partial charge >= 0.3 is 0 Å². The second-order valence-electron chi connectivity index (χ2n) is 15.2. The lowest BCUT2D eigenvalue weighted by Crippen LogP contribution is -2.16. The number of oxazole rings is 1. The van der Waals surface area contributed by atoms with Gasteiger partial charge in [-0.15, -0.1) is 0 Å². The molecule has 3 nitrogen and oxygen atoms in total. The van der Waals surface area contributed by atoms with Crippen molar-refractivity contribution in [2.24, 2.45) is 0 Å². The van der Waals surface area contributed by atoms with E-state index in [-0.39, 0.29) is 21.7 Å². The highest BCUT2D eigenvalue weighted by Gasteiger charge is 2.25. The standard InChI is InChI=1S/C23H29NO.C14H22O/c1-22(2,3)17-14-18(23(4,5)6)21-19(15-17)24-20(25-21)13-12-16-10-8-7-9-11-16;1-13(2,3)10-7-11(14(4,5)6)9-12(15)8-10/h7-11,14-15H,12-13H2,1-6H3;7-9,15H,1-6H3. The third-order valence-electron chi connectivity index (χ3n) is 7.33. The highest BCUT2D eigenvalue weighted by molar-refractivity contribution is 5.79. The monoisotopic (exact) mass is 541 g/mol. The van der Waals surface area contributed by atoms with Crippen LogP contribution in [0.25, 0.3) is 11.1 Å². The van der Waals surface area contributed by atoms with Crippen LogP contribution in [0.2, 0.25) is 0 Å². The number of hydrogen-bond donors (Lipinski definition) is 1. The molecule has 0 saturated carbocycles. The summed E-state index contributed by atoms with van der Waals surface area (Å²) in [5.41, 5.74) is 8.46. The molecule has 0 saturated heterocycles. The van der Waals surface area contributed by atoms with Crippen molar-refractivity contribution in [1.29, 1.82) is 0 Å². The van der Waals surface area contributed by atoms with Crippen LogP contribution in [0.1, 0.15) is 117 Å². The predicted octanol–water partition coefficient (Wildman–Crippen LogP) is 10.2. The minimum atomic E-state index is 0.0236. The van der Waals surface area contributed by atoms with Crippen molar-refractivity contribution in [3.8, 4) is 5.75 Å². The fourth-order valence-corrected chi connectivity index (χ4v) is 4.55. The van der Waals surface area contributed by atoms with Crippen molar-refractivity contribution < 1.29 is 9.52 Å². The van der Waals surface area contributed by atoms with Crippen LogP contribution in [-0.4, -0.2) is 10.1 Å². The van der Waals surface area contributed by atoms with Gasteiger partial charge in [0.1, 0.15) is 11.3 Å². The fraction of sp³-hybridized carbons (Fsp3) is 0.486. The second-order valence-corrected chi connectivity index (χ2v) is 15.2. The van der Waals surface area contributed by atoms with Crippen LogP contribution < -0.4 is 0 Å². The van der Waals surface area contributed by atoms with E-state index in [9.17, 15) is 5.11 Å². The highest BCUT2D eigenvalue weighted by atomic mass is 16.3. The molecule has 0 amide bonds. The normalized spacial score (nSPS) is 12.8. The number of fused-ring (bicyclic) bond motifs is 1. The first kappa shape index (κ1) is 31.5. The molecule has 0 unspecified atom stereocenters. The predicted molar refractivity (Wildman–Crippen MR) is 171 cm³/mol. The zero-order chi connectivity index (χ0) is 30.1. The molecule has 216 valence electrons. The molecular weight excluding hydrogens is 490 g/mol. The fourth-order valence-electron chi connectivity index (χ4n) is 4.55. The Balaban J connectivity index is 0.000000252. The van der Waals surface area contributed by atoms with E-state index in [1.807, 2.05) is 18.2 Å². The van der Waals surface area contributed by atoms with Gasteiger partial charge in [-0.05, 0) is 68.5 Å². The molecule has 3 aromatic carbocycles. The van der Waals surface area contributed by atoms with E-state index >= 15 is 0 Å². The summed E-state index contributed by atoms with van der Waals surface area (Å²) in [5.74, 6) is 1.20. The summed E-state index contributed by atoms with van der Waals surface area (Å²) in [4.78, 5) is 4.81. The first-order valence-corrected chi connectivity index (χ1v) is 14.6. The van der Waals surface area contributed by atoms with E-state index in [0.29, 0.717) is 5.75 Å². The molecule has 0 aliphatic rings. The maximum Gasteiger partial charge on any atom is 0.195 e.